The highest BCUT2D eigenvalue weighted by Crippen LogP contribution is 2.31. The number of hydrogen-bond donors (Lipinski definition) is 2. The molecule has 0 radical (unpaired) electrons. The van der Waals surface area contributed by atoms with Crippen molar-refractivity contribution in [1.29, 1.82) is 0 Å². The van der Waals surface area contributed by atoms with Crippen molar-refractivity contribution in [2.45, 2.75) is 32.4 Å². The Morgan fingerprint density at radius 1 is 1.38 bits per heavy atom. The Kier molecular flexibility index (Phi) is 2.34. The molecule has 0 spiro atoms. The minimum absolute atomic E-state index is 0.158. The first kappa shape index (κ1) is 9.44. The zero-order valence-corrected chi connectivity index (χ0v) is 8.58. The van der Waals surface area contributed by atoms with E-state index < -0.39 is 0 Å². The number of likely N-dealkylation sites (tertiary alicyclic amines) is 1. The Bertz CT molecular complexity index is 193. The summed E-state index contributed by atoms with van der Waals surface area (Å²) < 4.78 is 0. The van der Waals surface area contributed by atoms with E-state index in [1.807, 2.05) is 0 Å². The lowest BCUT2D eigenvalue weighted by Crippen LogP contribution is -2.42. The number of nitrogens with zero attached hydrogens (tertiary/aromatic N) is 1. The van der Waals surface area contributed by atoms with E-state index in [1.54, 1.807) is 0 Å². The number of aliphatic hydroxyl groups is 1. The summed E-state index contributed by atoms with van der Waals surface area (Å²) in [5.74, 6) is 0. The monoisotopic (exact) mass is 184 g/mol. The lowest BCUT2D eigenvalue weighted by Gasteiger charge is -2.27. The summed E-state index contributed by atoms with van der Waals surface area (Å²) in [6.07, 6.45) is 1.10. The van der Waals surface area contributed by atoms with Crippen molar-refractivity contribution in [3.05, 3.63) is 0 Å². The smallest absolute Gasteiger partial charge is 0.0831 e. The molecule has 2 N–H and O–H groups in total. The molecule has 0 aromatic rings. The molecule has 76 valence electrons. The van der Waals surface area contributed by atoms with Crippen LogP contribution >= 0.6 is 0 Å². The SMILES string of the molecule is CC1(C)CCN([C@@H]2CNC[C@H]2O)C1. The van der Waals surface area contributed by atoms with Gasteiger partial charge in [-0.15, -0.1) is 0 Å². The molecule has 0 aromatic heterocycles. The second-order valence-electron chi connectivity index (χ2n) is 5.18. The Morgan fingerprint density at radius 3 is 2.62 bits per heavy atom. The molecule has 0 saturated carbocycles. The molecule has 2 saturated heterocycles. The van der Waals surface area contributed by atoms with Gasteiger partial charge in [0.25, 0.3) is 0 Å². The van der Waals surface area contributed by atoms with Crippen molar-refractivity contribution in [1.82, 2.24) is 10.2 Å². The van der Waals surface area contributed by atoms with Gasteiger partial charge < -0.3 is 10.4 Å². The van der Waals surface area contributed by atoms with Crippen LogP contribution < -0.4 is 5.32 Å². The molecule has 0 aliphatic carbocycles. The van der Waals surface area contributed by atoms with Gasteiger partial charge in [-0.1, -0.05) is 13.8 Å². The van der Waals surface area contributed by atoms with Gasteiger partial charge in [-0.05, 0) is 18.4 Å². The Hall–Kier alpha value is -0.120. The molecule has 2 aliphatic rings. The fourth-order valence-corrected chi connectivity index (χ4v) is 2.46. The van der Waals surface area contributed by atoms with E-state index in [4.69, 9.17) is 0 Å². The van der Waals surface area contributed by atoms with Gasteiger partial charge in [0.2, 0.25) is 0 Å². The molecule has 2 aliphatic heterocycles. The maximum absolute atomic E-state index is 9.72. The van der Waals surface area contributed by atoms with Crippen LogP contribution in [0.3, 0.4) is 0 Å². The van der Waals surface area contributed by atoms with Crippen LogP contribution in [0.2, 0.25) is 0 Å². The highest BCUT2D eigenvalue weighted by atomic mass is 16.3. The van der Waals surface area contributed by atoms with Crippen molar-refractivity contribution >= 4 is 0 Å². The highest BCUT2D eigenvalue weighted by Gasteiger charge is 2.37. The highest BCUT2D eigenvalue weighted by molar-refractivity contribution is 4.94. The largest absolute Gasteiger partial charge is 0.390 e. The summed E-state index contributed by atoms with van der Waals surface area (Å²) in [5.41, 5.74) is 0.447. The summed E-state index contributed by atoms with van der Waals surface area (Å²) in [7, 11) is 0. The van der Waals surface area contributed by atoms with Crippen LogP contribution in [0, 0.1) is 5.41 Å². The summed E-state index contributed by atoms with van der Waals surface area (Å²) in [6.45, 7) is 8.62. The Balaban J connectivity index is 1.95. The number of hydrogen-bond acceptors (Lipinski definition) is 3. The van der Waals surface area contributed by atoms with Crippen molar-refractivity contribution < 1.29 is 5.11 Å². The first-order valence-electron chi connectivity index (χ1n) is 5.21. The quantitative estimate of drug-likeness (QED) is 0.604. The van der Waals surface area contributed by atoms with Crippen LogP contribution in [0.15, 0.2) is 0 Å². The molecular formula is C10H20N2O. The summed E-state index contributed by atoms with van der Waals surface area (Å²) in [4.78, 5) is 2.44. The van der Waals surface area contributed by atoms with Crippen LogP contribution in [-0.4, -0.2) is 48.3 Å². The Labute approximate surface area is 80.1 Å². The molecule has 13 heavy (non-hydrogen) atoms. The number of β-amino-alcohol motifs (C(OH)–C–C–N with tert-alkyl or cyclic N) is 1. The van der Waals surface area contributed by atoms with Crippen LogP contribution in [-0.2, 0) is 0 Å². The van der Waals surface area contributed by atoms with E-state index in [0.717, 1.165) is 26.2 Å². The third-order valence-corrected chi connectivity index (χ3v) is 3.33. The van der Waals surface area contributed by atoms with E-state index in [-0.39, 0.29) is 6.10 Å². The summed E-state index contributed by atoms with van der Waals surface area (Å²) in [6, 6.07) is 0.363. The van der Waals surface area contributed by atoms with Crippen molar-refractivity contribution in [3.8, 4) is 0 Å². The van der Waals surface area contributed by atoms with E-state index in [9.17, 15) is 5.11 Å². The number of nitrogens with one attached hydrogen (secondary N) is 1. The topological polar surface area (TPSA) is 35.5 Å². The second-order valence-corrected chi connectivity index (χ2v) is 5.18. The second kappa shape index (κ2) is 3.23. The minimum Gasteiger partial charge on any atom is -0.390 e. The van der Waals surface area contributed by atoms with Crippen molar-refractivity contribution in [2.75, 3.05) is 26.2 Å². The molecule has 3 nitrogen and oxygen atoms in total. The number of rotatable bonds is 1. The van der Waals surface area contributed by atoms with E-state index in [1.165, 1.54) is 6.42 Å². The van der Waals surface area contributed by atoms with Gasteiger partial charge >= 0.3 is 0 Å². The van der Waals surface area contributed by atoms with Crippen LogP contribution in [0.25, 0.3) is 0 Å². The van der Waals surface area contributed by atoms with Gasteiger partial charge in [0, 0.05) is 25.7 Å². The van der Waals surface area contributed by atoms with Gasteiger partial charge in [0.05, 0.1) is 6.10 Å². The molecule has 0 aromatic carbocycles. The van der Waals surface area contributed by atoms with Gasteiger partial charge in [0.1, 0.15) is 0 Å². The summed E-state index contributed by atoms with van der Waals surface area (Å²) in [5, 5.41) is 13.0. The number of aliphatic hydroxyl groups excluding tert-OH is 1. The maximum atomic E-state index is 9.72. The molecule has 0 unspecified atom stereocenters. The van der Waals surface area contributed by atoms with E-state index in [2.05, 4.69) is 24.1 Å². The molecule has 2 fully saturated rings. The first-order valence-corrected chi connectivity index (χ1v) is 5.21. The van der Waals surface area contributed by atoms with Gasteiger partial charge in [-0.25, -0.2) is 0 Å². The zero-order valence-electron chi connectivity index (χ0n) is 8.58. The average Bonchev–Trinajstić information content (AvgIpc) is 2.56. The first-order chi connectivity index (χ1) is 6.08. The summed E-state index contributed by atoms with van der Waals surface area (Å²) >= 11 is 0. The molecule has 0 amide bonds. The normalized spacial score (nSPS) is 39.9. The molecule has 2 heterocycles. The fraction of sp³-hybridized carbons (Fsp3) is 1.00. The van der Waals surface area contributed by atoms with Crippen molar-refractivity contribution in [3.63, 3.8) is 0 Å². The third kappa shape index (κ3) is 1.87. The predicted molar refractivity (Wildman–Crippen MR) is 52.6 cm³/mol. The predicted octanol–water partition coefficient (Wildman–Crippen LogP) is 0.0510. The van der Waals surface area contributed by atoms with Crippen LogP contribution in [0.5, 0.6) is 0 Å². The van der Waals surface area contributed by atoms with E-state index in [0.29, 0.717) is 11.5 Å². The van der Waals surface area contributed by atoms with Crippen LogP contribution in [0.4, 0.5) is 0 Å². The molecule has 2 atom stereocenters. The molecule has 3 heteroatoms. The van der Waals surface area contributed by atoms with Gasteiger partial charge in [0.15, 0.2) is 0 Å². The Morgan fingerprint density at radius 2 is 2.15 bits per heavy atom. The van der Waals surface area contributed by atoms with Gasteiger partial charge in [-0.2, -0.15) is 0 Å². The van der Waals surface area contributed by atoms with Crippen LogP contribution in [0.1, 0.15) is 20.3 Å². The average molecular weight is 184 g/mol. The lowest BCUT2D eigenvalue weighted by atomic mass is 9.93. The maximum Gasteiger partial charge on any atom is 0.0831 e. The standard InChI is InChI=1S/C10H20N2O/c1-10(2)3-4-12(7-10)8-5-11-6-9(8)13/h8-9,11,13H,3-7H2,1-2H3/t8-,9-/m1/s1. The van der Waals surface area contributed by atoms with Crippen molar-refractivity contribution in [2.24, 2.45) is 5.41 Å². The van der Waals surface area contributed by atoms with E-state index >= 15 is 0 Å². The van der Waals surface area contributed by atoms with Gasteiger partial charge in [-0.3, -0.25) is 4.90 Å². The molecular weight excluding hydrogens is 164 g/mol. The lowest BCUT2D eigenvalue weighted by molar-refractivity contribution is 0.0925. The third-order valence-electron chi connectivity index (χ3n) is 3.33. The molecule has 2 rings (SSSR count). The zero-order chi connectivity index (χ0) is 9.47. The minimum atomic E-state index is -0.158. The fourth-order valence-electron chi connectivity index (χ4n) is 2.46. The molecule has 0 bridgehead atoms.